The SMILES string of the molecule is CCNC1CCC(O)(c2cccc(N3CCN(C)CC3)n2)CC1. The Morgan fingerprint density at radius 1 is 1.22 bits per heavy atom. The van der Waals surface area contributed by atoms with Gasteiger partial charge in [0.25, 0.3) is 0 Å². The molecule has 1 aromatic heterocycles. The summed E-state index contributed by atoms with van der Waals surface area (Å²) in [7, 11) is 2.16. The number of pyridine rings is 1. The molecular weight excluding hydrogens is 288 g/mol. The van der Waals surface area contributed by atoms with Crippen LogP contribution in [0.2, 0.25) is 0 Å². The van der Waals surface area contributed by atoms with Gasteiger partial charge in [0.1, 0.15) is 11.4 Å². The van der Waals surface area contributed by atoms with Crippen LogP contribution in [0, 0.1) is 0 Å². The van der Waals surface area contributed by atoms with E-state index in [0.29, 0.717) is 6.04 Å². The molecule has 2 aliphatic rings. The van der Waals surface area contributed by atoms with Crippen molar-refractivity contribution >= 4 is 5.82 Å². The van der Waals surface area contributed by atoms with Crippen molar-refractivity contribution in [1.29, 1.82) is 0 Å². The minimum absolute atomic E-state index is 0.543. The maximum absolute atomic E-state index is 11.1. The molecule has 3 rings (SSSR count). The third-order valence-corrected chi connectivity index (χ3v) is 5.34. The highest BCUT2D eigenvalue weighted by Gasteiger charge is 2.36. The second kappa shape index (κ2) is 7.16. The summed E-state index contributed by atoms with van der Waals surface area (Å²) in [6.07, 6.45) is 3.63. The molecule has 0 atom stereocenters. The zero-order valence-electron chi connectivity index (χ0n) is 14.5. The Hall–Kier alpha value is -1.17. The smallest absolute Gasteiger partial charge is 0.129 e. The monoisotopic (exact) mass is 318 g/mol. The van der Waals surface area contributed by atoms with Gasteiger partial charge in [-0.15, -0.1) is 0 Å². The number of rotatable bonds is 4. The van der Waals surface area contributed by atoms with Crippen LogP contribution in [0.1, 0.15) is 38.3 Å². The normalized spacial score (nSPS) is 29.7. The maximum Gasteiger partial charge on any atom is 0.129 e. The fourth-order valence-corrected chi connectivity index (χ4v) is 3.74. The molecule has 128 valence electrons. The number of aromatic nitrogens is 1. The van der Waals surface area contributed by atoms with Crippen LogP contribution in [0.4, 0.5) is 5.82 Å². The standard InChI is InChI=1S/C18H30N4O/c1-3-19-15-7-9-18(23,10-8-15)16-5-4-6-17(20-16)22-13-11-21(2)12-14-22/h4-6,15,19,23H,3,7-14H2,1-2H3. The van der Waals surface area contributed by atoms with Crippen molar-refractivity contribution in [1.82, 2.24) is 15.2 Å². The van der Waals surface area contributed by atoms with Gasteiger partial charge in [-0.1, -0.05) is 13.0 Å². The van der Waals surface area contributed by atoms with Gasteiger partial charge in [0.05, 0.1) is 5.69 Å². The second-order valence-electron chi connectivity index (χ2n) is 7.03. The number of aliphatic hydroxyl groups is 1. The lowest BCUT2D eigenvalue weighted by Crippen LogP contribution is -2.45. The minimum Gasteiger partial charge on any atom is -0.384 e. The first-order valence-corrected chi connectivity index (χ1v) is 8.97. The molecule has 2 fully saturated rings. The number of hydrogen-bond acceptors (Lipinski definition) is 5. The summed E-state index contributed by atoms with van der Waals surface area (Å²) in [5.41, 5.74) is 0.0954. The van der Waals surface area contributed by atoms with Crippen molar-refractivity contribution in [3.63, 3.8) is 0 Å². The molecule has 1 aliphatic heterocycles. The van der Waals surface area contributed by atoms with Gasteiger partial charge < -0.3 is 20.2 Å². The molecule has 0 spiro atoms. The van der Waals surface area contributed by atoms with Crippen LogP contribution in [0.3, 0.4) is 0 Å². The first-order chi connectivity index (χ1) is 11.1. The summed E-state index contributed by atoms with van der Waals surface area (Å²) < 4.78 is 0. The molecule has 1 saturated heterocycles. The van der Waals surface area contributed by atoms with E-state index in [4.69, 9.17) is 4.98 Å². The van der Waals surface area contributed by atoms with Gasteiger partial charge in [0, 0.05) is 32.2 Å². The van der Waals surface area contributed by atoms with Crippen molar-refractivity contribution in [3.8, 4) is 0 Å². The largest absolute Gasteiger partial charge is 0.384 e. The molecule has 0 amide bonds. The van der Waals surface area contributed by atoms with E-state index in [-0.39, 0.29) is 0 Å². The molecule has 2 N–H and O–H groups in total. The summed E-state index contributed by atoms with van der Waals surface area (Å²) in [4.78, 5) is 9.50. The van der Waals surface area contributed by atoms with Crippen LogP contribution < -0.4 is 10.2 Å². The Morgan fingerprint density at radius 2 is 1.91 bits per heavy atom. The number of nitrogens with zero attached hydrogens (tertiary/aromatic N) is 3. The topological polar surface area (TPSA) is 51.6 Å². The van der Waals surface area contributed by atoms with Gasteiger partial charge in [-0.2, -0.15) is 0 Å². The fraction of sp³-hybridized carbons (Fsp3) is 0.722. The molecule has 1 aliphatic carbocycles. The zero-order chi connectivity index (χ0) is 16.3. The summed E-state index contributed by atoms with van der Waals surface area (Å²) in [6.45, 7) is 7.30. The summed E-state index contributed by atoms with van der Waals surface area (Å²) in [5, 5.41) is 14.6. The van der Waals surface area contributed by atoms with E-state index in [9.17, 15) is 5.11 Å². The number of nitrogens with one attached hydrogen (secondary N) is 1. The average Bonchev–Trinajstić information content (AvgIpc) is 2.58. The van der Waals surface area contributed by atoms with Gasteiger partial charge in [-0.3, -0.25) is 0 Å². The lowest BCUT2D eigenvalue weighted by Gasteiger charge is -2.37. The van der Waals surface area contributed by atoms with Crippen molar-refractivity contribution < 1.29 is 5.11 Å². The van der Waals surface area contributed by atoms with Crippen LogP contribution in [-0.4, -0.2) is 60.8 Å². The van der Waals surface area contributed by atoms with Crippen molar-refractivity contribution in [2.75, 3.05) is 44.7 Å². The Bertz CT molecular complexity index is 505. The Balaban J connectivity index is 1.70. The van der Waals surface area contributed by atoms with E-state index in [2.05, 4.69) is 35.2 Å². The highest BCUT2D eigenvalue weighted by molar-refractivity contribution is 5.41. The third-order valence-electron chi connectivity index (χ3n) is 5.34. The summed E-state index contributed by atoms with van der Waals surface area (Å²) >= 11 is 0. The molecule has 5 heteroatoms. The van der Waals surface area contributed by atoms with Gasteiger partial charge in [0.15, 0.2) is 0 Å². The zero-order valence-corrected chi connectivity index (χ0v) is 14.5. The van der Waals surface area contributed by atoms with Crippen LogP contribution >= 0.6 is 0 Å². The molecule has 0 bridgehead atoms. The van der Waals surface area contributed by atoms with Crippen LogP contribution in [0.15, 0.2) is 18.2 Å². The lowest BCUT2D eigenvalue weighted by molar-refractivity contribution is -0.0119. The average molecular weight is 318 g/mol. The van der Waals surface area contributed by atoms with Crippen LogP contribution in [0.5, 0.6) is 0 Å². The van der Waals surface area contributed by atoms with E-state index in [1.165, 1.54) is 0 Å². The van der Waals surface area contributed by atoms with E-state index in [1.807, 2.05) is 12.1 Å². The predicted molar refractivity (Wildman–Crippen MR) is 93.8 cm³/mol. The second-order valence-corrected chi connectivity index (χ2v) is 7.03. The quantitative estimate of drug-likeness (QED) is 0.883. The third kappa shape index (κ3) is 3.84. The number of hydrogen-bond donors (Lipinski definition) is 2. The highest BCUT2D eigenvalue weighted by Crippen LogP contribution is 2.36. The Morgan fingerprint density at radius 3 is 2.57 bits per heavy atom. The highest BCUT2D eigenvalue weighted by atomic mass is 16.3. The molecule has 0 aromatic carbocycles. The first kappa shape index (κ1) is 16.7. The molecule has 23 heavy (non-hydrogen) atoms. The molecule has 0 radical (unpaired) electrons. The first-order valence-electron chi connectivity index (χ1n) is 8.97. The van der Waals surface area contributed by atoms with E-state index < -0.39 is 5.60 Å². The maximum atomic E-state index is 11.1. The summed E-state index contributed by atoms with van der Waals surface area (Å²) in [6, 6.07) is 6.65. The van der Waals surface area contributed by atoms with Gasteiger partial charge >= 0.3 is 0 Å². The molecular formula is C18H30N4O. The lowest BCUT2D eigenvalue weighted by atomic mass is 9.80. The van der Waals surface area contributed by atoms with Crippen molar-refractivity contribution in [3.05, 3.63) is 23.9 Å². The van der Waals surface area contributed by atoms with E-state index >= 15 is 0 Å². The fourth-order valence-electron chi connectivity index (χ4n) is 3.74. The Labute approximate surface area is 139 Å². The van der Waals surface area contributed by atoms with Crippen LogP contribution in [0.25, 0.3) is 0 Å². The molecule has 5 nitrogen and oxygen atoms in total. The van der Waals surface area contributed by atoms with Gasteiger partial charge in [-0.05, 0) is 51.4 Å². The van der Waals surface area contributed by atoms with E-state index in [0.717, 1.165) is 69.9 Å². The number of anilines is 1. The van der Waals surface area contributed by atoms with Gasteiger partial charge in [0.2, 0.25) is 0 Å². The van der Waals surface area contributed by atoms with E-state index in [1.54, 1.807) is 0 Å². The minimum atomic E-state index is -0.755. The van der Waals surface area contributed by atoms with Gasteiger partial charge in [-0.25, -0.2) is 4.98 Å². The number of likely N-dealkylation sites (N-methyl/N-ethyl adjacent to an activating group) is 1. The Kier molecular flexibility index (Phi) is 5.19. The molecule has 0 unspecified atom stereocenters. The van der Waals surface area contributed by atoms with Crippen molar-refractivity contribution in [2.24, 2.45) is 0 Å². The molecule has 2 heterocycles. The van der Waals surface area contributed by atoms with Crippen LogP contribution in [-0.2, 0) is 5.60 Å². The summed E-state index contributed by atoms with van der Waals surface area (Å²) in [5.74, 6) is 1.01. The van der Waals surface area contributed by atoms with Crippen molar-refractivity contribution in [2.45, 2.75) is 44.2 Å². The predicted octanol–water partition coefficient (Wildman–Crippen LogP) is 1.57. The number of piperazine rings is 1. The molecule has 1 saturated carbocycles. The molecule has 1 aromatic rings.